The van der Waals surface area contributed by atoms with E-state index in [1.54, 1.807) is 12.1 Å². The lowest BCUT2D eigenvalue weighted by Gasteiger charge is -2.24. The van der Waals surface area contributed by atoms with Crippen LogP contribution >= 0.6 is 0 Å². The molecule has 22 heavy (non-hydrogen) atoms. The zero-order chi connectivity index (χ0) is 15.9. The highest BCUT2D eigenvalue weighted by Gasteiger charge is 2.16. The summed E-state index contributed by atoms with van der Waals surface area (Å²) >= 11 is 0. The van der Waals surface area contributed by atoms with Crippen LogP contribution in [-0.2, 0) is 6.54 Å². The fourth-order valence-electron chi connectivity index (χ4n) is 2.25. The molecule has 0 heterocycles. The van der Waals surface area contributed by atoms with Crippen LogP contribution in [0.25, 0.3) is 0 Å². The predicted octanol–water partition coefficient (Wildman–Crippen LogP) is 4.08. The zero-order valence-corrected chi connectivity index (χ0v) is 13.2. The molecular weight excluding hydrogens is 274 g/mol. The van der Waals surface area contributed by atoms with Crippen LogP contribution in [0.5, 0.6) is 5.75 Å². The predicted molar refractivity (Wildman–Crippen MR) is 88.7 cm³/mol. The van der Waals surface area contributed by atoms with Gasteiger partial charge in [0.25, 0.3) is 5.91 Å². The second-order valence-corrected chi connectivity index (χ2v) is 5.94. The molecule has 0 saturated heterocycles. The molecule has 1 amide bonds. The van der Waals surface area contributed by atoms with Gasteiger partial charge in [0.05, 0.1) is 0 Å². The molecule has 0 radical (unpaired) electrons. The van der Waals surface area contributed by atoms with E-state index >= 15 is 0 Å². The minimum Gasteiger partial charge on any atom is -0.508 e. The summed E-state index contributed by atoms with van der Waals surface area (Å²) in [5.41, 5.74) is 1.73. The number of amides is 1. The van der Waals surface area contributed by atoms with Crippen molar-refractivity contribution in [2.24, 2.45) is 5.92 Å². The molecule has 0 saturated carbocycles. The summed E-state index contributed by atoms with van der Waals surface area (Å²) in [4.78, 5) is 14.6. The van der Waals surface area contributed by atoms with Crippen molar-refractivity contribution in [2.75, 3.05) is 6.54 Å². The Bertz CT molecular complexity index is 591. The van der Waals surface area contributed by atoms with Crippen molar-refractivity contribution in [3.63, 3.8) is 0 Å². The molecule has 0 atom stereocenters. The van der Waals surface area contributed by atoms with Crippen molar-refractivity contribution in [3.05, 3.63) is 65.7 Å². The first kappa shape index (κ1) is 16.1. The Morgan fingerprint density at radius 2 is 1.68 bits per heavy atom. The van der Waals surface area contributed by atoms with Gasteiger partial charge in [-0.15, -0.1) is 0 Å². The zero-order valence-electron chi connectivity index (χ0n) is 13.2. The number of aromatic hydroxyl groups is 1. The SMILES string of the molecule is CC(C)CCN(Cc1ccc(O)cc1)C(=O)c1ccccc1. The number of carbonyl (C=O) groups is 1. The van der Waals surface area contributed by atoms with E-state index < -0.39 is 0 Å². The Morgan fingerprint density at radius 3 is 2.27 bits per heavy atom. The molecule has 0 spiro atoms. The number of benzene rings is 2. The second-order valence-electron chi connectivity index (χ2n) is 5.94. The summed E-state index contributed by atoms with van der Waals surface area (Å²) in [6.07, 6.45) is 0.969. The summed E-state index contributed by atoms with van der Waals surface area (Å²) in [5, 5.41) is 9.37. The molecule has 116 valence electrons. The van der Waals surface area contributed by atoms with E-state index in [1.807, 2.05) is 47.4 Å². The average molecular weight is 297 g/mol. The van der Waals surface area contributed by atoms with Crippen molar-refractivity contribution in [1.29, 1.82) is 0 Å². The van der Waals surface area contributed by atoms with Crippen molar-refractivity contribution in [2.45, 2.75) is 26.8 Å². The number of phenolic OH excluding ortho intramolecular Hbond substituents is 1. The highest BCUT2D eigenvalue weighted by molar-refractivity contribution is 5.94. The fourth-order valence-corrected chi connectivity index (χ4v) is 2.25. The standard InChI is InChI=1S/C19H23NO2/c1-15(2)12-13-20(14-16-8-10-18(21)11-9-16)19(22)17-6-4-3-5-7-17/h3-11,15,21H,12-14H2,1-2H3. The van der Waals surface area contributed by atoms with Crippen LogP contribution in [0.2, 0.25) is 0 Å². The molecule has 1 N–H and O–H groups in total. The third kappa shape index (κ3) is 4.62. The van der Waals surface area contributed by atoms with Gasteiger partial charge in [-0.2, -0.15) is 0 Å². The normalized spacial score (nSPS) is 10.7. The Kier molecular flexibility index (Phi) is 5.59. The Morgan fingerprint density at radius 1 is 1.05 bits per heavy atom. The van der Waals surface area contributed by atoms with Gasteiger partial charge in [-0.3, -0.25) is 4.79 Å². The number of carbonyl (C=O) groups excluding carboxylic acids is 1. The lowest BCUT2D eigenvalue weighted by Crippen LogP contribution is -2.32. The van der Waals surface area contributed by atoms with Crippen molar-refractivity contribution >= 4 is 5.91 Å². The van der Waals surface area contributed by atoms with Crippen LogP contribution in [-0.4, -0.2) is 22.5 Å². The smallest absolute Gasteiger partial charge is 0.254 e. The topological polar surface area (TPSA) is 40.5 Å². The quantitative estimate of drug-likeness (QED) is 0.872. The maximum absolute atomic E-state index is 12.7. The summed E-state index contributed by atoms with van der Waals surface area (Å²) < 4.78 is 0. The maximum atomic E-state index is 12.7. The fraction of sp³-hybridized carbons (Fsp3) is 0.316. The summed E-state index contributed by atoms with van der Waals surface area (Å²) in [6.45, 7) is 5.60. The molecule has 0 aliphatic rings. The van der Waals surface area contributed by atoms with E-state index in [0.717, 1.165) is 18.5 Å². The van der Waals surface area contributed by atoms with Gasteiger partial charge in [0.15, 0.2) is 0 Å². The van der Waals surface area contributed by atoms with E-state index in [2.05, 4.69) is 13.8 Å². The van der Waals surface area contributed by atoms with E-state index in [0.29, 0.717) is 18.0 Å². The molecule has 0 fully saturated rings. The number of hydrogen-bond donors (Lipinski definition) is 1. The van der Waals surface area contributed by atoms with E-state index in [-0.39, 0.29) is 11.7 Å². The first-order valence-electron chi connectivity index (χ1n) is 7.68. The third-order valence-electron chi connectivity index (χ3n) is 3.59. The van der Waals surface area contributed by atoms with Crippen LogP contribution in [0.3, 0.4) is 0 Å². The van der Waals surface area contributed by atoms with Gasteiger partial charge in [0.2, 0.25) is 0 Å². The molecule has 0 bridgehead atoms. The number of phenols is 1. The average Bonchev–Trinajstić information content (AvgIpc) is 2.53. The van der Waals surface area contributed by atoms with E-state index in [9.17, 15) is 9.90 Å². The summed E-state index contributed by atoms with van der Waals surface area (Å²) in [5.74, 6) is 0.840. The molecule has 3 heteroatoms. The first-order chi connectivity index (χ1) is 10.6. The summed E-state index contributed by atoms with van der Waals surface area (Å²) in [6, 6.07) is 16.4. The van der Waals surface area contributed by atoms with Gasteiger partial charge in [0.1, 0.15) is 5.75 Å². The largest absolute Gasteiger partial charge is 0.508 e. The van der Waals surface area contributed by atoms with Gasteiger partial charge in [-0.25, -0.2) is 0 Å². The molecule has 2 aromatic carbocycles. The number of nitrogens with zero attached hydrogens (tertiary/aromatic N) is 1. The highest BCUT2D eigenvalue weighted by atomic mass is 16.3. The van der Waals surface area contributed by atoms with Gasteiger partial charge >= 0.3 is 0 Å². The lowest BCUT2D eigenvalue weighted by atomic mass is 10.1. The van der Waals surface area contributed by atoms with Crippen molar-refractivity contribution in [1.82, 2.24) is 4.90 Å². The molecule has 0 aliphatic heterocycles. The van der Waals surface area contributed by atoms with E-state index in [1.165, 1.54) is 0 Å². The molecular formula is C19H23NO2. The molecule has 0 unspecified atom stereocenters. The minimum absolute atomic E-state index is 0.0503. The molecule has 0 aromatic heterocycles. The van der Waals surface area contributed by atoms with Crippen LogP contribution in [0.4, 0.5) is 0 Å². The van der Waals surface area contributed by atoms with E-state index in [4.69, 9.17) is 0 Å². The van der Waals surface area contributed by atoms with Crippen LogP contribution in [0, 0.1) is 5.92 Å². The number of rotatable bonds is 6. The molecule has 2 rings (SSSR count). The second kappa shape index (κ2) is 7.64. The van der Waals surface area contributed by atoms with Crippen LogP contribution in [0.1, 0.15) is 36.2 Å². The maximum Gasteiger partial charge on any atom is 0.254 e. The van der Waals surface area contributed by atoms with Gasteiger partial charge < -0.3 is 10.0 Å². The van der Waals surface area contributed by atoms with Crippen molar-refractivity contribution in [3.8, 4) is 5.75 Å². The minimum atomic E-state index is 0.0503. The van der Waals surface area contributed by atoms with Crippen LogP contribution in [0.15, 0.2) is 54.6 Å². The first-order valence-corrected chi connectivity index (χ1v) is 7.68. The third-order valence-corrected chi connectivity index (χ3v) is 3.59. The lowest BCUT2D eigenvalue weighted by molar-refractivity contribution is 0.0735. The Balaban J connectivity index is 2.14. The van der Waals surface area contributed by atoms with Gasteiger partial charge in [0, 0.05) is 18.7 Å². The summed E-state index contributed by atoms with van der Waals surface area (Å²) in [7, 11) is 0. The molecule has 3 nitrogen and oxygen atoms in total. The van der Waals surface area contributed by atoms with Crippen LogP contribution < -0.4 is 0 Å². The molecule has 0 aliphatic carbocycles. The van der Waals surface area contributed by atoms with Gasteiger partial charge in [-0.1, -0.05) is 44.2 Å². The Hall–Kier alpha value is -2.29. The van der Waals surface area contributed by atoms with Crippen molar-refractivity contribution < 1.29 is 9.90 Å². The molecule has 2 aromatic rings. The highest BCUT2D eigenvalue weighted by Crippen LogP contribution is 2.15. The van der Waals surface area contributed by atoms with Gasteiger partial charge in [-0.05, 0) is 42.2 Å². The monoisotopic (exact) mass is 297 g/mol. The Labute approximate surface area is 132 Å². The number of hydrogen-bond acceptors (Lipinski definition) is 2.